The number of carbonyl (C=O) groups is 3. The van der Waals surface area contributed by atoms with Crippen LogP contribution in [-0.4, -0.2) is 41.0 Å². The van der Waals surface area contributed by atoms with Crippen molar-refractivity contribution in [1.82, 2.24) is 0 Å². The molecule has 0 radical (unpaired) electrons. The van der Waals surface area contributed by atoms with Crippen LogP contribution in [0.1, 0.15) is 85.1 Å². The fourth-order valence-electron chi connectivity index (χ4n) is 3.54. The van der Waals surface area contributed by atoms with E-state index in [2.05, 4.69) is 0 Å². The molecule has 0 bridgehead atoms. The van der Waals surface area contributed by atoms with Gasteiger partial charge in [0.2, 0.25) is 0 Å². The van der Waals surface area contributed by atoms with Gasteiger partial charge >= 0.3 is 5.97 Å². The van der Waals surface area contributed by atoms with Crippen LogP contribution in [0.4, 0.5) is 4.39 Å². The minimum atomic E-state index is -0.921. The highest BCUT2D eigenvalue weighted by Crippen LogP contribution is 2.37. The molecule has 0 aliphatic carbocycles. The number of aromatic hydroxyl groups is 1. The number of phenols is 1. The summed E-state index contributed by atoms with van der Waals surface area (Å²) in [7, 11) is 0. The number of carbonyl (C=O) groups excluding carboxylic acids is 2. The van der Waals surface area contributed by atoms with E-state index in [1.165, 1.54) is 31.2 Å². The van der Waals surface area contributed by atoms with Gasteiger partial charge < -0.3 is 19.7 Å². The fourth-order valence-corrected chi connectivity index (χ4v) is 3.54. The van der Waals surface area contributed by atoms with Crippen LogP contribution in [0.5, 0.6) is 17.2 Å². The molecule has 0 saturated carbocycles. The van der Waals surface area contributed by atoms with Gasteiger partial charge in [-0.1, -0.05) is 19.9 Å². The van der Waals surface area contributed by atoms with Crippen molar-refractivity contribution < 1.29 is 38.5 Å². The predicted molar refractivity (Wildman–Crippen MR) is 125 cm³/mol. The molecule has 0 heterocycles. The lowest BCUT2D eigenvalue weighted by Crippen LogP contribution is -2.10. The highest BCUT2D eigenvalue weighted by molar-refractivity contribution is 5.98. The maximum Gasteiger partial charge on any atom is 0.303 e. The summed E-state index contributed by atoms with van der Waals surface area (Å²) in [6.45, 7) is 5.45. The number of aliphatic carboxylic acids is 1. The van der Waals surface area contributed by atoms with E-state index in [4.69, 9.17) is 14.6 Å². The molecule has 34 heavy (non-hydrogen) atoms. The molecule has 0 amide bonds. The molecule has 0 aliphatic rings. The van der Waals surface area contributed by atoms with Crippen LogP contribution in [0.15, 0.2) is 30.3 Å². The van der Waals surface area contributed by atoms with Crippen molar-refractivity contribution in [2.24, 2.45) is 0 Å². The van der Waals surface area contributed by atoms with Crippen LogP contribution in [0.3, 0.4) is 0 Å². The van der Waals surface area contributed by atoms with Crippen LogP contribution in [0.25, 0.3) is 0 Å². The SMILES string of the molecule is CC(=O)c1ccc(OCCCOc2c(F)cccc2C(=O)CCCCC(=O)O)c(C(C)C)c1O. The van der Waals surface area contributed by atoms with Crippen LogP contribution < -0.4 is 9.47 Å². The molecule has 0 spiro atoms. The second-order valence-electron chi connectivity index (χ2n) is 8.28. The van der Waals surface area contributed by atoms with Crippen LogP contribution >= 0.6 is 0 Å². The highest BCUT2D eigenvalue weighted by Gasteiger charge is 2.19. The van der Waals surface area contributed by atoms with E-state index in [1.807, 2.05) is 13.8 Å². The number of para-hydroxylation sites is 1. The van der Waals surface area contributed by atoms with Gasteiger partial charge in [0.1, 0.15) is 11.5 Å². The van der Waals surface area contributed by atoms with Crippen molar-refractivity contribution in [3.05, 3.63) is 52.8 Å². The number of benzene rings is 2. The van der Waals surface area contributed by atoms with E-state index in [1.54, 1.807) is 6.07 Å². The first-order chi connectivity index (χ1) is 16.1. The average Bonchev–Trinajstić information content (AvgIpc) is 2.76. The number of carboxylic acid groups (broad SMARTS) is 1. The summed E-state index contributed by atoms with van der Waals surface area (Å²) >= 11 is 0. The number of halogens is 1. The first kappa shape index (κ1) is 26.8. The highest BCUT2D eigenvalue weighted by atomic mass is 19.1. The molecule has 184 valence electrons. The van der Waals surface area contributed by atoms with Crippen LogP contribution in [0, 0.1) is 5.82 Å². The Morgan fingerprint density at radius 1 is 0.941 bits per heavy atom. The largest absolute Gasteiger partial charge is 0.507 e. The normalized spacial score (nSPS) is 10.9. The predicted octanol–water partition coefficient (Wildman–Crippen LogP) is 5.53. The van der Waals surface area contributed by atoms with Crippen molar-refractivity contribution in [3.8, 4) is 17.2 Å². The lowest BCUT2D eigenvalue weighted by Gasteiger charge is -2.17. The van der Waals surface area contributed by atoms with Crippen molar-refractivity contribution >= 4 is 17.5 Å². The number of hydrogen-bond acceptors (Lipinski definition) is 6. The average molecular weight is 475 g/mol. The summed E-state index contributed by atoms with van der Waals surface area (Å²) in [5.41, 5.74) is 0.903. The number of unbranched alkanes of at least 4 members (excludes halogenated alkanes) is 1. The molecule has 2 aromatic carbocycles. The Bertz CT molecular complexity index is 1030. The molecule has 2 aromatic rings. The third kappa shape index (κ3) is 7.30. The van der Waals surface area contributed by atoms with Gasteiger partial charge in [0, 0.05) is 24.8 Å². The molecule has 0 fully saturated rings. The molecule has 0 unspecified atom stereocenters. The zero-order valence-electron chi connectivity index (χ0n) is 19.7. The Morgan fingerprint density at radius 3 is 2.26 bits per heavy atom. The molecule has 8 heteroatoms. The Hall–Kier alpha value is -3.42. The van der Waals surface area contributed by atoms with E-state index >= 15 is 0 Å². The van der Waals surface area contributed by atoms with E-state index in [9.17, 15) is 23.9 Å². The number of carboxylic acids is 1. The van der Waals surface area contributed by atoms with Gasteiger partial charge in [-0.2, -0.15) is 0 Å². The smallest absolute Gasteiger partial charge is 0.303 e. The molecule has 2 N–H and O–H groups in total. The summed E-state index contributed by atoms with van der Waals surface area (Å²) in [6, 6.07) is 7.29. The number of rotatable bonds is 14. The summed E-state index contributed by atoms with van der Waals surface area (Å²) in [5.74, 6) is -1.95. The number of ketones is 2. The van der Waals surface area contributed by atoms with Gasteiger partial charge in [0.05, 0.1) is 24.3 Å². The number of Topliss-reactive ketones (excluding diaryl/α,β-unsaturated/α-hetero) is 2. The Balaban J connectivity index is 1.96. The minimum absolute atomic E-state index is 0.0203. The zero-order chi connectivity index (χ0) is 25.3. The molecule has 0 aliphatic heterocycles. The minimum Gasteiger partial charge on any atom is -0.507 e. The second kappa shape index (κ2) is 12.7. The fraction of sp³-hybridized carbons (Fsp3) is 0.423. The van der Waals surface area contributed by atoms with E-state index in [0.29, 0.717) is 30.6 Å². The third-order valence-corrected chi connectivity index (χ3v) is 5.24. The molecule has 7 nitrogen and oxygen atoms in total. The lowest BCUT2D eigenvalue weighted by atomic mass is 9.96. The third-order valence-electron chi connectivity index (χ3n) is 5.24. The van der Waals surface area contributed by atoms with Gasteiger partial charge in [-0.25, -0.2) is 4.39 Å². The molecule has 0 saturated heterocycles. The summed E-state index contributed by atoms with van der Waals surface area (Å²) in [4.78, 5) is 34.8. The van der Waals surface area contributed by atoms with Crippen LogP contribution in [-0.2, 0) is 4.79 Å². The molecule has 2 rings (SSSR count). The Kier molecular flexibility index (Phi) is 10.0. The van der Waals surface area contributed by atoms with Gasteiger partial charge in [-0.05, 0) is 49.9 Å². The van der Waals surface area contributed by atoms with Crippen LogP contribution in [0.2, 0.25) is 0 Å². The molecular formula is C26H31FO7. The number of hydrogen-bond donors (Lipinski definition) is 2. The van der Waals surface area contributed by atoms with E-state index < -0.39 is 11.8 Å². The maximum absolute atomic E-state index is 14.3. The van der Waals surface area contributed by atoms with E-state index in [-0.39, 0.29) is 66.2 Å². The summed E-state index contributed by atoms with van der Waals surface area (Å²) < 4.78 is 25.7. The Morgan fingerprint density at radius 2 is 1.62 bits per heavy atom. The topological polar surface area (TPSA) is 110 Å². The standard InChI is InChI=1S/C26H31FO7/c1-16(2)24-22(13-12-18(17(3)28)25(24)32)33-14-7-15-34-26-19(8-6-9-20(26)27)21(29)10-4-5-11-23(30)31/h6,8-9,12-13,16,32H,4-5,7,10-11,14-15H2,1-3H3,(H,30,31). The summed E-state index contributed by atoms with van der Waals surface area (Å²) in [6.07, 6.45) is 1.22. The quantitative estimate of drug-likeness (QED) is 0.273. The summed E-state index contributed by atoms with van der Waals surface area (Å²) in [5, 5.41) is 19.1. The second-order valence-corrected chi connectivity index (χ2v) is 8.28. The maximum atomic E-state index is 14.3. The monoisotopic (exact) mass is 474 g/mol. The molecule has 0 atom stereocenters. The van der Waals surface area contributed by atoms with Crippen molar-refractivity contribution in [2.45, 2.75) is 58.8 Å². The van der Waals surface area contributed by atoms with E-state index in [0.717, 1.165) is 0 Å². The number of ether oxygens (including phenoxy) is 2. The van der Waals surface area contributed by atoms with Gasteiger partial charge in [0.15, 0.2) is 23.1 Å². The van der Waals surface area contributed by atoms with Gasteiger partial charge in [0.25, 0.3) is 0 Å². The van der Waals surface area contributed by atoms with Gasteiger partial charge in [-0.3, -0.25) is 14.4 Å². The van der Waals surface area contributed by atoms with Crippen molar-refractivity contribution in [3.63, 3.8) is 0 Å². The first-order valence-corrected chi connectivity index (χ1v) is 11.3. The molecular weight excluding hydrogens is 443 g/mol. The lowest BCUT2D eigenvalue weighted by molar-refractivity contribution is -0.137. The molecule has 0 aromatic heterocycles. The van der Waals surface area contributed by atoms with Gasteiger partial charge in [-0.15, -0.1) is 0 Å². The number of phenolic OH excluding ortho intramolecular Hbond substituents is 1. The van der Waals surface area contributed by atoms with Crippen molar-refractivity contribution in [1.29, 1.82) is 0 Å². The van der Waals surface area contributed by atoms with Crippen molar-refractivity contribution in [2.75, 3.05) is 13.2 Å². The Labute approximate surface area is 198 Å². The zero-order valence-corrected chi connectivity index (χ0v) is 19.7. The first-order valence-electron chi connectivity index (χ1n) is 11.3.